The number of nitrogens with zero attached hydrogens (tertiary/aromatic N) is 1. The van der Waals surface area contributed by atoms with Crippen molar-refractivity contribution in [2.24, 2.45) is 4.99 Å². The van der Waals surface area contributed by atoms with Crippen LogP contribution in [0.2, 0.25) is 0 Å². The molecule has 122 valence electrons. The molecular weight excluding hydrogens is 317 g/mol. The van der Waals surface area contributed by atoms with E-state index in [4.69, 9.17) is 0 Å². The zero-order valence-corrected chi connectivity index (χ0v) is 14.6. The number of halogens is 1. The summed E-state index contributed by atoms with van der Waals surface area (Å²) in [6, 6.07) is 6.96. The van der Waals surface area contributed by atoms with E-state index >= 15 is 0 Å². The number of nitrogens with one attached hydrogen (secondary N) is 2. The number of hydrogen-bond acceptors (Lipinski definition) is 3. The van der Waals surface area contributed by atoms with Gasteiger partial charge in [-0.15, -0.1) is 0 Å². The first-order valence-electron chi connectivity index (χ1n) is 7.67. The molecule has 1 aliphatic rings. The molecule has 1 saturated heterocycles. The molecule has 0 aromatic heterocycles. The Bertz CT molecular complexity index is 476. The van der Waals surface area contributed by atoms with Crippen molar-refractivity contribution >= 4 is 29.5 Å². The van der Waals surface area contributed by atoms with Gasteiger partial charge in [-0.2, -0.15) is 23.5 Å². The van der Waals surface area contributed by atoms with Crippen molar-refractivity contribution in [3.05, 3.63) is 35.6 Å². The molecule has 1 aromatic carbocycles. The van der Waals surface area contributed by atoms with Gasteiger partial charge in [-0.25, -0.2) is 4.39 Å². The summed E-state index contributed by atoms with van der Waals surface area (Å²) in [7, 11) is 1.80. The summed E-state index contributed by atoms with van der Waals surface area (Å²) in [5.41, 5.74) is 0.772. The van der Waals surface area contributed by atoms with Crippen LogP contribution in [0.1, 0.15) is 18.4 Å². The third-order valence-electron chi connectivity index (χ3n) is 3.50. The third-order valence-corrected chi connectivity index (χ3v) is 5.91. The smallest absolute Gasteiger partial charge is 0.191 e. The molecule has 1 aromatic rings. The molecule has 0 bridgehead atoms. The number of hydrogen-bond donors (Lipinski definition) is 2. The minimum absolute atomic E-state index is 0.116. The van der Waals surface area contributed by atoms with Crippen LogP contribution in [0.3, 0.4) is 0 Å². The predicted octanol–water partition coefficient (Wildman–Crippen LogP) is 3.12. The van der Waals surface area contributed by atoms with Crippen molar-refractivity contribution in [3.63, 3.8) is 0 Å². The van der Waals surface area contributed by atoms with Gasteiger partial charge in [0.2, 0.25) is 0 Å². The molecule has 22 heavy (non-hydrogen) atoms. The van der Waals surface area contributed by atoms with Crippen LogP contribution >= 0.6 is 23.5 Å². The molecule has 1 atom stereocenters. The Labute approximate surface area is 140 Å². The minimum Gasteiger partial charge on any atom is -0.356 e. The lowest BCUT2D eigenvalue weighted by molar-refractivity contribution is 0.617. The molecule has 1 heterocycles. The van der Waals surface area contributed by atoms with Crippen LogP contribution in [-0.4, -0.2) is 42.9 Å². The molecule has 6 heteroatoms. The second-order valence-electron chi connectivity index (χ2n) is 5.16. The van der Waals surface area contributed by atoms with Crippen LogP contribution in [0, 0.1) is 5.82 Å². The van der Waals surface area contributed by atoms with Crippen LogP contribution in [0.4, 0.5) is 4.39 Å². The molecular formula is C16H24FN3S2. The molecule has 1 unspecified atom stereocenters. The molecule has 1 aliphatic heterocycles. The molecule has 3 nitrogen and oxygen atoms in total. The lowest BCUT2D eigenvalue weighted by Crippen LogP contribution is -2.41. The average Bonchev–Trinajstić information content (AvgIpc) is 3.05. The van der Waals surface area contributed by atoms with Crippen LogP contribution in [0.25, 0.3) is 0 Å². The fourth-order valence-electron chi connectivity index (χ4n) is 2.28. The van der Waals surface area contributed by atoms with E-state index in [1.807, 2.05) is 23.9 Å². The Kier molecular flexibility index (Phi) is 7.94. The van der Waals surface area contributed by atoms with Gasteiger partial charge < -0.3 is 10.6 Å². The lowest BCUT2D eigenvalue weighted by Gasteiger charge is -2.14. The summed E-state index contributed by atoms with van der Waals surface area (Å²) in [5, 5.41) is 7.40. The summed E-state index contributed by atoms with van der Waals surface area (Å²) in [6.07, 6.45) is 2.63. The van der Waals surface area contributed by atoms with Crippen molar-refractivity contribution in [2.45, 2.75) is 23.8 Å². The summed E-state index contributed by atoms with van der Waals surface area (Å²) in [6.45, 7) is 1.81. The van der Waals surface area contributed by atoms with Crippen LogP contribution in [-0.2, 0) is 5.75 Å². The Hall–Kier alpha value is -0.880. The van der Waals surface area contributed by atoms with Crippen molar-refractivity contribution in [1.29, 1.82) is 0 Å². The predicted molar refractivity (Wildman–Crippen MR) is 97.4 cm³/mol. The second kappa shape index (κ2) is 10.0. The highest BCUT2D eigenvalue weighted by Gasteiger charge is 2.15. The van der Waals surface area contributed by atoms with Gasteiger partial charge in [-0.05, 0) is 30.2 Å². The topological polar surface area (TPSA) is 36.4 Å². The Balaban J connectivity index is 1.57. The number of guanidine groups is 1. The molecule has 0 aliphatic carbocycles. The Morgan fingerprint density at radius 1 is 1.41 bits per heavy atom. The van der Waals surface area contributed by atoms with Gasteiger partial charge in [-0.1, -0.05) is 18.2 Å². The summed E-state index contributed by atoms with van der Waals surface area (Å²) in [5.74, 6) is 3.66. The Morgan fingerprint density at radius 3 is 3.00 bits per heavy atom. The lowest BCUT2D eigenvalue weighted by atomic mass is 10.2. The first-order chi connectivity index (χ1) is 10.8. The highest BCUT2D eigenvalue weighted by molar-refractivity contribution is 8.00. The van der Waals surface area contributed by atoms with E-state index < -0.39 is 0 Å². The van der Waals surface area contributed by atoms with Gasteiger partial charge in [0.05, 0.1) is 0 Å². The first kappa shape index (κ1) is 17.5. The van der Waals surface area contributed by atoms with Gasteiger partial charge in [0.1, 0.15) is 5.82 Å². The highest BCUT2D eigenvalue weighted by atomic mass is 32.2. The molecule has 0 spiro atoms. The van der Waals surface area contributed by atoms with E-state index in [1.165, 1.54) is 24.7 Å². The third kappa shape index (κ3) is 6.08. The standard InChI is InChI=1S/C16H24FN3S2/c1-18-16(20-11-14-6-4-9-22-14)19-8-10-21-12-13-5-2-3-7-15(13)17/h2-3,5,7,14H,4,6,8-12H2,1H3,(H2,18,19,20). The SMILES string of the molecule is CN=C(NCCSCc1ccccc1F)NCC1CCCS1. The minimum atomic E-state index is -0.116. The molecule has 0 saturated carbocycles. The maximum absolute atomic E-state index is 13.5. The van der Waals surface area contributed by atoms with Gasteiger partial charge in [0.15, 0.2) is 5.96 Å². The first-order valence-corrected chi connectivity index (χ1v) is 9.87. The summed E-state index contributed by atoms with van der Waals surface area (Å²) in [4.78, 5) is 4.23. The fourth-order valence-corrected chi connectivity index (χ4v) is 4.32. The molecule has 2 N–H and O–H groups in total. The Morgan fingerprint density at radius 2 is 2.27 bits per heavy atom. The van der Waals surface area contributed by atoms with Gasteiger partial charge in [-0.3, -0.25) is 4.99 Å². The monoisotopic (exact) mass is 341 g/mol. The molecule has 2 rings (SSSR count). The van der Waals surface area contributed by atoms with E-state index in [-0.39, 0.29) is 5.82 Å². The molecule has 0 amide bonds. The number of aliphatic imine (C=N–C) groups is 1. The normalized spacial score (nSPS) is 18.5. The van der Waals surface area contributed by atoms with Crippen molar-refractivity contribution in [1.82, 2.24) is 10.6 Å². The fraction of sp³-hybridized carbons (Fsp3) is 0.562. The van der Waals surface area contributed by atoms with Gasteiger partial charge >= 0.3 is 0 Å². The highest BCUT2D eigenvalue weighted by Crippen LogP contribution is 2.25. The largest absolute Gasteiger partial charge is 0.356 e. The quantitative estimate of drug-likeness (QED) is 0.454. The second-order valence-corrected chi connectivity index (χ2v) is 7.67. The maximum atomic E-state index is 13.5. The van der Waals surface area contributed by atoms with Crippen molar-refractivity contribution in [3.8, 4) is 0 Å². The van der Waals surface area contributed by atoms with Crippen LogP contribution < -0.4 is 10.6 Å². The van der Waals surface area contributed by atoms with Crippen LogP contribution in [0.15, 0.2) is 29.3 Å². The summed E-state index contributed by atoms with van der Waals surface area (Å²) < 4.78 is 13.5. The average molecular weight is 342 g/mol. The maximum Gasteiger partial charge on any atom is 0.191 e. The number of rotatable bonds is 7. The van der Waals surface area contributed by atoms with E-state index in [0.29, 0.717) is 11.0 Å². The zero-order valence-electron chi connectivity index (χ0n) is 13.0. The van der Waals surface area contributed by atoms with Gasteiger partial charge in [0.25, 0.3) is 0 Å². The van der Waals surface area contributed by atoms with E-state index in [0.717, 1.165) is 30.4 Å². The van der Waals surface area contributed by atoms with E-state index in [9.17, 15) is 4.39 Å². The van der Waals surface area contributed by atoms with E-state index in [2.05, 4.69) is 15.6 Å². The molecule has 0 radical (unpaired) electrons. The molecule has 1 fully saturated rings. The number of benzene rings is 1. The summed E-state index contributed by atoms with van der Waals surface area (Å²) >= 11 is 3.77. The van der Waals surface area contributed by atoms with Gasteiger partial charge in [0, 0.05) is 36.9 Å². The van der Waals surface area contributed by atoms with E-state index in [1.54, 1.807) is 24.9 Å². The van der Waals surface area contributed by atoms with Crippen LogP contribution in [0.5, 0.6) is 0 Å². The van der Waals surface area contributed by atoms with Crippen molar-refractivity contribution < 1.29 is 4.39 Å². The number of thioether (sulfide) groups is 2. The zero-order chi connectivity index (χ0) is 15.6. The van der Waals surface area contributed by atoms with Crippen molar-refractivity contribution in [2.75, 3.05) is 31.6 Å².